The Morgan fingerprint density at radius 2 is 2.12 bits per heavy atom. The predicted molar refractivity (Wildman–Crippen MR) is 62.1 cm³/mol. The van der Waals surface area contributed by atoms with Gasteiger partial charge in [-0.1, -0.05) is 42.5 Å². The van der Waals surface area contributed by atoms with E-state index in [2.05, 4.69) is 31.2 Å². The van der Waals surface area contributed by atoms with Crippen LogP contribution in [0.5, 0.6) is 0 Å². The Kier molecular flexibility index (Phi) is 2.34. The molecule has 0 saturated carbocycles. The van der Waals surface area contributed by atoms with Gasteiger partial charge in [-0.15, -0.1) is 0 Å². The minimum atomic E-state index is -0.144. The fraction of sp³-hybridized carbons (Fsp3) is 0.429. The average molecular weight is 216 g/mol. The minimum Gasteiger partial charge on any atom is -0.367 e. The van der Waals surface area contributed by atoms with Gasteiger partial charge < -0.3 is 9.47 Å². The summed E-state index contributed by atoms with van der Waals surface area (Å²) in [5.74, 6) is 0. The summed E-state index contributed by atoms with van der Waals surface area (Å²) in [5.41, 5.74) is 1.07. The summed E-state index contributed by atoms with van der Waals surface area (Å²) >= 11 is 0. The molecule has 2 heterocycles. The molecule has 2 aliphatic heterocycles. The third-order valence-electron chi connectivity index (χ3n) is 3.44. The Labute approximate surface area is 95.9 Å². The number of fused-ring (bicyclic) bond motifs is 2. The van der Waals surface area contributed by atoms with Crippen LogP contribution >= 0.6 is 0 Å². The molecule has 0 aromatic heterocycles. The predicted octanol–water partition coefficient (Wildman–Crippen LogP) is 2.69. The zero-order chi connectivity index (χ0) is 11.0. The number of benzene rings is 1. The number of rotatable bonds is 3. The quantitative estimate of drug-likeness (QED) is 0.723. The van der Waals surface area contributed by atoms with Crippen molar-refractivity contribution < 1.29 is 9.47 Å². The first-order chi connectivity index (χ1) is 7.76. The molecule has 84 valence electrons. The monoisotopic (exact) mass is 216 g/mol. The molecule has 2 heteroatoms. The van der Waals surface area contributed by atoms with E-state index in [1.54, 1.807) is 0 Å². The van der Waals surface area contributed by atoms with E-state index in [4.69, 9.17) is 9.47 Å². The fourth-order valence-corrected chi connectivity index (χ4v) is 2.45. The van der Waals surface area contributed by atoms with Gasteiger partial charge >= 0.3 is 0 Å². The molecule has 0 radical (unpaired) electrons. The van der Waals surface area contributed by atoms with Crippen LogP contribution in [0.1, 0.15) is 18.9 Å². The highest BCUT2D eigenvalue weighted by atomic mass is 16.6. The molecule has 0 spiro atoms. The van der Waals surface area contributed by atoms with Crippen molar-refractivity contribution in [2.24, 2.45) is 0 Å². The largest absolute Gasteiger partial charge is 0.367 e. The van der Waals surface area contributed by atoms with Crippen molar-refractivity contribution in [1.29, 1.82) is 0 Å². The molecule has 3 rings (SSSR count). The SMILES string of the molecule is C[C@]1(OCc2ccccc2)C[C@@H]2C=C[C@H]1O2. The summed E-state index contributed by atoms with van der Waals surface area (Å²) in [4.78, 5) is 0. The molecule has 2 bridgehead atoms. The molecular formula is C14H16O2. The van der Waals surface area contributed by atoms with Crippen molar-refractivity contribution in [2.45, 2.75) is 37.8 Å². The lowest BCUT2D eigenvalue weighted by Crippen LogP contribution is -2.37. The maximum absolute atomic E-state index is 6.03. The highest BCUT2D eigenvalue weighted by Gasteiger charge is 2.47. The Bertz CT molecular complexity index is 398. The molecule has 0 N–H and O–H groups in total. The van der Waals surface area contributed by atoms with E-state index in [0.717, 1.165) is 6.42 Å². The first-order valence-electron chi connectivity index (χ1n) is 5.78. The molecule has 0 unspecified atom stereocenters. The van der Waals surface area contributed by atoms with Gasteiger partial charge in [-0.05, 0) is 12.5 Å². The van der Waals surface area contributed by atoms with Gasteiger partial charge in [0.15, 0.2) is 0 Å². The standard InChI is InChI=1S/C14H16O2/c1-14(9-12-7-8-13(14)16-12)15-10-11-5-3-2-4-6-11/h2-8,12-13H,9-10H2,1H3/t12-,13+,14-/m0/s1. The van der Waals surface area contributed by atoms with Crippen molar-refractivity contribution in [3.63, 3.8) is 0 Å². The van der Waals surface area contributed by atoms with Gasteiger partial charge in [0.1, 0.15) is 6.10 Å². The molecule has 1 fully saturated rings. The molecule has 16 heavy (non-hydrogen) atoms. The molecule has 1 aromatic carbocycles. The Morgan fingerprint density at radius 1 is 1.31 bits per heavy atom. The van der Waals surface area contributed by atoms with Crippen LogP contribution in [0, 0.1) is 0 Å². The van der Waals surface area contributed by atoms with E-state index in [1.807, 2.05) is 18.2 Å². The minimum absolute atomic E-state index is 0.140. The highest BCUT2D eigenvalue weighted by molar-refractivity contribution is 5.18. The van der Waals surface area contributed by atoms with Gasteiger partial charge in [0.05, 0.1) is 18.3 Å². The van der Waals surface area contributed by atoms with E-state index in [1.165, 1.54) is 5.56 Å². The van der Waals surface area contributed by atoms with Gasteiger partial charge in [-0.3, -0.25) is 0 Å². The third kappa shape index (κ3) is 1.68. The number of ether oxygens (including phenoxy) is 2. The lowest BCUT2D eigenvalue weighted by Gasteiger charge is -2.29. The van der Waals surface area contributed by atoms with E-state index in [9.17, 15) is 0 Å². The summed E-state index contributed by atoms with van der Waals surface area (Å²) in [6.07, 6.45) is 5.64. The van der Waals surface area contributed by atoms with Crippen LogP contribution in [0.25, 0.3) is 0 Å². The smallest absolute Gasteiger partial charge is 0.105 e. The molecular weight excluding hydrogens is 200 g/mol. The van der Waals surface area contributed by atoms with Gasteiger partial charge in [-0.2, -0.15) is 0 Å². The second-order valence-corrected chi connectivity index (χ2v) is 4.77. The van der Waals surface area contributed by atoms with Crippen molar-refractivity contribution in [1.82, 2.24) is 0 Å². The molecule has 0 amide bonds. The number of hydrogen-bond donors (Lipinski definition) is 0. The Hall–Kier alpha value is -1.12. The summed E-state index contributed by atoms with van der Waals surface area (Å²) in [6, 6.07) is 10.3. The normalized spacial score (nSPS) is 35.8. The van der Waals surface area contributed by atoms with E-state index >= 15 is 0 Å². The van der Waals surface area contributed by atoms with Gasteiger partial charge in [0, 0.05) is 6.42 Å². The Balaban J connectivity index is 1.66. The van der Waals surface area contributed by atoms with Gasteiger partial charge in [-0.25, -0.2) is 0 Å². The maximum Gasteiger partial charge on any atom is 0.105 e. The topological polar surface area (TPSA) is 18.5 Å². The average Bonchev–Trinajstić information content (AvgIpc) is 2.88. The van der Waals surface area contributed by atoms with Gasteiger partial charge in [0.2, 0.25) is 0 Å². The molecule has 2 aliphatic rings. The lowest BCUT2D eigenvalue weighted by atomic mass is 9.91. The molecule has 2 nitrogen and oxygen atoms in total. The van der Waals surface area contributed by atoms with E-state index in [-0.39, 0.29) is 17.8 Å². The molecule has 1 saturated heterocycles. The van der Waals surface area contributed by atoms with Crippen LogP contribution in [0.3, 0.4) is 0 Å². The van der Waals surface area contributed by atoms with E-state index < -0.39 is 0 Å². The summed E-state index contributed by atoms with van der Waals surface area (Å²) < 4.78 is 11.8. The number of hydrogen-bond acceptors (Lipinski definition) is 2. The second kappa shape index (κ2) is 3.72. The first kappa shape index (κ1) is 10.1. The summed E-state index contributed by atoms with van der Waals surface area (Å²) in [6.45, 7) is 2.81. The third-order valence-corrected chi connectivity index (χ3v) is 3.44. The van der Waals surface area contributed by atoms with Crippen molar-refractivity contribution in [2.75, 3.05) is 0 Å². The molecule has 0 aliphatic carbocycles. The lowest BCUT2D eigenvalue weighted by molar-refractivity contribution is -0.0706. The van der Waals surface area contributed by atoms with Gasteiger partial charge in [0.25, 0.3) is 0 Å². The highest BCUT2D eigenvalue weighted by Crippen LogP contribution is 2.39. The Morgan fingerprint density at radius 3 is 2.75 bits per heavy atom. The molecule has 1 aromatic rings. The first-order valence-corrected chi connectivity index (χ1v) is 5.78. The van der Waals surface area contributed by atoms with Crippen LogP contribution in [0.2, 0.25) is 0 Å². The van der Waals surface area contributed by atoms with Crippen LogP contribution in [-0.4, -0.2) is 17.8 Å². The van der Waals surface area contributed by atoms with E-state index in [0.29, 0.717) is 6.61 Å². The zero-order valence-electron chi connectivity index (χ0n) is 9.43. The van der Waals surface area contributed by atoms with Crippen LogP contribution in [-0.2, 0) is 16.1 Å². The van der Waals surface area contributed by atoms with Crippen LogP contribution < -0.4 is 0 Å². The fourth-order valence-electron chi connectivity index (χ4n) is 2.45. The summed E-state index contributed by atoms with van der Waals surface area (Å²) in [7, 11) is 0. The molecule has 3 atom stereocenters. The van der Waals surface area contributed by atoms with Crippen LogP contribution in [0.15, 0.2) is 42.5 Å². The zero-order valence-corrected chi connectivity index (χ0v) is 9.43. The van der Waals surface area contributed by atoms with Crippen molar-refractivity contribution >= 4 is 0 Å². The maximum atomic E-state index is 6.03. The summed E-state index contributed by atoms with van der Waals surface area (Å²) in [5, 5.41) is 0. The van der Waals surface area contributed by atoms with Crippen molar-refractivity contribution in [3.8, 4) is 0 Å². The second-order valence-electron chi connectivity index (χ2n) is 4.77. The van der Waals surface area contributed by atoms with Crippen molar-refractivity contribution in [3.05, 3.63) is 48.0 Å². The van der Waals surface area contributed by atoms with Crippen LogP contribution in [0.4, 0.5) is 0 Å².